The highest BCUT2D eigenvalue weighted by molar-refractivity contribution is 7.99. The van der Waals surface area contributed by atoms with E-state index in [0.29, 0.717) is 5.25 Å². The molecule has 0 aliphatic heterocycles. The second-order valence-corrected chi connectivity index (χ2v) is 5.95. The Morgan fingerprint density at radius 2 is 2.00 bits per heavy atom. The molecule has 0 aromatic heterocycles. The number of hydrogen-bond donors (Lipinski definition) is 1. The highest BCUT2D eigenvalue weighted by atomic mass is 35.5. The van der Waals surface area contributed by atoms with Crippen LogP contribution in [-0.2, 0) is 6.42 Å². The third kappa shape index (κ3) is 4.92. The lowest BCUT2D eigenvalue weighted by atomic mass is 10.1. The van der Waals surface area contributed by atoms with Crippen LogP contribution < -0.4 is 5.73 Å². The molecule has 0 heterocycles. The summed E-state index contributed by atoms with van der Waals surface area (Å²) in [5.74, 6) is 0.989. The predicted octanol–water partition coefficient (Wildman–Crippen LogP) is 3.35. The Balaban J connectivity index is 2.44. The second-order valence-electron chi connectivity index (χ2n) is 3.94. The van der Waals surface area contributed by atoms with Crippen LogP contribution in [0.2, 0.25) is 5.02 Å². The van der Waals surface area contributed by atoms with Gasteiger partial charge in [0.05, 0.1) is 0 Å². The Bertz CT molecular complexity index is 301. The van der Waals surface area contributed by atoms with Gasteiger partial charge in [-0.05, 0) is 23.3 Å². The molecule has 1 nitrogen and oxygen atoms in total. The SMILES string of the molecule is CC(C)SCC(N)Cc1ccccc1Cl. The lowest BCUT2D eigenvalue weighted by Gasteiger charge is -2.13. The van der Waals surface area contributed by atoms with Gasteiger partial charge in [-0.1, -0.05) is 43.6 Å². The van der Waals surface area contributed by atoms with Crippen molar-refractivity contribution in [2.24, 2.45) is 5.73 Å². The zero-order valence-corrected chi connectivity index (χ0v) is 10.8. The lowest BCUT2D eigenvalue weighted by molar-refractivity contribution is 0.747. The van der Waals surface area contributed by atoms with E-state index in [9.17, 15) is 0 Å². The maximum Gasteiger partial charge on any atom is 0.0438 e. The first kappa shape index (κ1) is 12.9. The van der Waals surface area contributed by atoms with Gasteiger partial charge in [0.1, 0.15) is 0 Å². The monoisotopic (exact) mass is 243 g/mol. The molecule has 0 radical (unpaired) electrons. The van der Waals surface area contributed by atoms with Crippen LogP contribution in [0, 0.1) is 0 Å². The van der Waals surface area contributed by atoms with Crippen molar-refractivity contribution in [2.75, 3.05) is 5.75 Å². The van der Waals surface area contributed by atoms with Crippen molar-refractivity contribution in [3.05, 3.63) is 34.9 Å². The van der Waals surface area contributed by atoms with E-state index in [1.54, 1.807) is 0 Å². The van der Waals surface area contributed by atoms with E-state index in [1.165, 1.54) is 0 Å². The maximum absolute atomic E-state index is 6.07. The topological polar surface area (TPSA) is 26.0 Å². The smallest absolute Gasteiger partial charge is 0.0438 e. The van der Waals surface area contributed by atoms with E-state index in [1.807, 2.05) is 36.0 Å². The average molecular weight is 244 g/mol. The molecule has 1 rings (SSSR count). The molecule has 0 aliphatic rings. The minimum absolute atomic E-state index is 0.192. The summed E-state index contributed by atoms with van der Waals surface area (Å²) in [6, 6.07) is 8.10. The first-order valence-corrected chi connectivity index (χ1v) is 6.63. The highest BCUT2D eigenvalue weighted by Gasteiger charge is 2.07. The van der Waals surface area contributed by atoms with Gasteiger partial charge in [0.25, 0.3) is 0 Å². The van der Waals surface area contributed by atoms with Gasteiger partial charge in [-0.3, -0.25) is 0 Å². The highest BCUT2D eigenvalue weighted by Crippen LogP contribution is 2.18. The molecule has 1 atom stereocenters. The van der Waals surface area contributed by atoms with Crippen LogP contribution in [0.4, 0.5) is 0 Å². The fourth-order valence-electron chi connectivity index (χ4n) is 1.32. The summed E-state index contributed by atoms with van der Waals surface area (Å²) in [6.07, 6.45) is 0.861. The predicted molar refractivity (Wildman–Crippen MR) is 70.7 cm³/mol. The molecule has 0 saturated carbocycles. The number of nitrogens with two attached hydrogens (primary N) is 1. The zero-order chi connectivity index (χ0) is 11.3. The van der Waals surface area contributed by atoms with Crippen LogP contribution in [0.25, 0.3) is 0 Å². The summed E-state index contributed by atoms with van der Waals surface area (Å²) < 4.78 is 0. The molecule has 0 spiro atoms. The number of benzene rings is 1. The number of halogens is 1. The van der Waals surface area contributed by atoms with Crippen LogP contribution in [0.15, 0.2) is 24.3 Å². The molecule has 0 aliphatic carbocycles. The summed E-state index contributed by atoms with van der Waals surface area (Å²) in [7, 11) is 0. The summed E-state index contributed by atoms with van der Waals surface area (Å²) >= 11 is 7.97. The van der Waals surface area contributed by atoms with Crippen molar-refractivity contribution in [1.82, 2.24) is 0 Å². The second kappa shape index (κ2) is 6.41. The van der Waals surface area contributed by atoms with Crippen molar-refractivity contribution in [3.63, 3.8) is 0 Å². The molecule has 0 fully saturated rings. The first-order chi connectivity index (χ1) is 7.09. The number of thioether (sulfide) groups is 1. The molecule has 0 bridgehead atoms. The molecule has 2 N–H and O–H groups in total. The van der Waals surface area contributed by atoms with Gasteiger partial charge in [0.15, 0.2) is 0 Å². The zero-order valence-electron chi connectivity index (χ0n) is 9.24. The van der Waals surface area contributed by atoms with Crippen LogP contribution in [0.3, 0.4) is 0 Å². The molecule has 84 valence electrons. The van der Waals surface area contributed by atoms with Crippen molar-refractivity contribution < 1.29 is 0 Å². The quantitative estimate of drug-likeness (QED) is 0.859. The maximum atomic E-state index is 6.07. The summed E-state index contributed by atoms with van der Waals surface area (Å²) in [5, 5.41) is 1.46. The largest absolute Gasteiger partial charge is 0.327 e. The van der Waals surface area contributed by atoms with E-state index < -0.39 is 0 Å². The fraction of sp³-hybridized carbons (Fsp3) is 0.500. The van der Waals surface area contributed by atoms with Crippen LogP contribution in [0.1, 0.15) is 19.4 Å². The van der Waals surface area contributed by atoms with Gasteiger partial charge < -0.3 is 5.73 Å². The number of hydrogen-bond acceptors (Lipinski definition) is 2. The van der Waals surface area contributed by atoms with Gasteiger partial charge >= 0.3 is 0 Å². The third-order valence-electron chi connectivity index (χ3n) is 2.08. The minimum atomic E-state index is 0.192. The molecule has 1 unspecified atom stereocenters. The summed E-state index contributed by atoms with van der Waals surface area (Å²) in [6.45, 7) is 4.37. The van der Waals surface area contributed by atoms with Gasteiger partial charge in [-0.2, -0.15) is 11.8 Å². The lowest BCUT2D eigenvalue weighted by Crippen LogP contribution is -2.26. The van der Waals surface area contributed by atoms with E-state index in [0.717, 1.165) is 22.8 Å². The Morgan fingerprint density at radius 3 is 2.60 bits per heavy atom. The van der Waals surface area contributed by atoms with Crippen LogP contribution >= 0.6 is 23.4 Å². The minimum Gasteiger partial charge on any atom is -0.327 e. The van der Waals surface area contributed by atoms with Crippen molar-refractivity contribution in [2.45, 2.75) is 31.6 Å². The Kier molecular flexibility index (Phi) is 5.51. The van der Waals surface area contributed by atoms with Gasteiger partial charge in [0.2, 0.25) is 0 Å². The normalized spacial score (nSPS) is 13.1. The van der Waals surface area contributed by atoms with E-state index in [4.69, 9.17) is 17.3 Å². The summed E-state index contributed by atoms with van der Waals surface area (Å²) in [5.41, 5.74) is 7.19. The van der Waals surface area contributed by atoms with Crippen molar-refractivity contribution in [3.8, 4) is 0 Å². The first-order valence-electron chi connectivity index (χ1n) is 5.20. The number of rotatable bonds is 5. The van der Waals surface area contributed by atoms with E-state index in [-0.39, 0.29) is 6.04 Å². The molecule has 15 heavy (non-hydrogen) atoms. The third-order valence-corrected chi connectivity index (χ3v) is 3.74. The standard InChI is InChI=1S/C12H18ClNS/c1-9(2)15-8-11(14)7-10-5-3-4-6-12(10)13/h3-6,9,11H,7-8,14H2,1-2H3. The van der Waals surface area contributed by atoms with Crippen LogP contribution in [-0.4, -0.2) is 17.0 Å². The molecular formula is C12H18ClNS. The van der Waals surface area contributed by atoms with Gasteiger partial charge in [-0.15, -0.1) is 0 Å². The molecule has 1 aromatic carbocycles. The van der Waals surface area contributed by atoms with Crippen molar-refractivity contribution in [1.29, 1.82) is 0 Å². The molecule has 0 amide bonds. The van der Waals surface area contributed by atoms with Gasteiger partial charge in [-0.25, -0.2) is 0 Å². The van der Waals surface area contributed by atoms with Crippen LogP contribution in [0.5, 0.6) is 0 Å². The van der Waals surface area contributed by atoms with E-state index >= 15 is 0 Å². The Labute approximate surface area is 101 Å². The molecule has 1 aromatic rings. The average Bonchev–Trinajstić information content (AvgIpc) is 2.18. The molecular weight excluding hydrogens is 226 g/mol. The fourth-order valence-corrected chi connectivity index (χ4v) is 2.28. The Hall–Kier alpha value is -0.180. The Morgan fingerprint density at radius 1 is 1.33 bits per heavy atom. The van der Waals surface area contributed by atoms with Crippen molar-refractivity contribution >= 4 is 23.4 Å². The molecule has 3 heteroatoms. The summed E-state index contributed by atoms with van der Waals surface area (Å²) in [4.78, 5) is 0. The van der Waals surface area contributed by atoms with Gasteiger partial charge in [0, 0.05) is 16.8 Å². The van der Waals surface area contributed by atoms with E-state index in [2.05, 4.69) is 13.8 Å². The molecule has 0 saturated heterocycles.